The molecular weight excluding hydrogens is 599 g/mol. The first kappa shape index (κ1) is 36.4. The predicted octanol–water partition coefficient (Wildman–Crippen LogP) is 7.76. The largest absolute Gasteiger partial charge is 0.493 e. The molecule has 0 spiro atoms. The number of nitrogens with zero attached hydrogens (tertiary/aromatic N) is 2. The van der Waals surface area contributed by atoms with Gasteiger partial charge < -0.3 is 24.4 Å². The number of ether oxygens (including phenoxy) is 3. The van der Waals surface area contributed by atoms with Crippen molar-refractivity contribution >= 4 is 17.2 Å². The van der Waals surface area contributed by atoms with Crippen LogP contribution in [-0.2, 0) is 33.5 Å². The average molecular weight is 648 g/mol. The highest BCUT2D eigenvalue weighted by Crippen LogP contribution is 2.32. The molecule has 10 heteroatoms. The number of alkyl halides is 3. The molecule has 1 aromatic carbocycles. The van der Waals surface area contributed by atoms with Crippen LogP contribution >= 0.6 is 11.3 Å². The molecule has 1 saturated carbocycles. The summed E-state index contributed by atoms with van der Waals surface area (Å²) in [5, 5.41) is 3.69. The molecule has 0 amide bonds. The second-order valence-electron chi connectivity index (χ2n) is 11.4. The van der Waals surface area contributed by atoms with Crippen molar-refractivity contribution in [2.75, 3.05) is 34.9 Å². The molecule has 1 fully saturated rings. The van der Waals surface area contributed by atoms with Crippen LogP contribution in [0, 0.1) is 6.92 Å². The lowest BCUT2D eigenvalue weighted by Crippen LogP contribution is -2.43. The summed E-state index contributed by atoms with van der Waals surface area (Å²) in [7, 11) is 6.98. The van der Waals surface area contributed by atoms with Crippen molar-refractivity contribution in [3.05, 3.63) is 92.7 Å². The normalized spacial score (nSPS) is 19.8. The smallest absolute Gasteiger partial charge is 0.393 e. The number of hydrogen-bond donors (Lipinski definition) is 1. The number of benzene rings is 1. The highest BCUT2D eigenvalue weighted by atomic mass is 32.1. The van der Waals surface area contributed by atoms with Crippen molar-refractivity contribution in [1.29, 1.82) is 0 Å². The number of halogens is 3. The van der Waals surface area contributed by atoms with E-state index in [1.807, 2.05) is 25.8 Å². The van der Waals surface area contributed by atoms with Crippen LogP contribution in [0.3, 0.4) is 0 Å². The summed E-state index contributed by atoms with van der Waals surface area (Å²) in [4.78, 5) is 7.62. The van der Waals surface area contributed by atoms with Gasteiger partial charge >= 0.3 is 6.18 Å². The monoisotopic (exact) mass is 647 g/mol. The Balaban J connectivity index is 1.60. The van der Waals surface area contributed by atoms with Gasteiger partial charge in [0.15, 0.2) is 11.5 Å². The number of likely N-dealkylation sites (N-methyl/N-ethyl adjacent to an activating group) is 1. The van der Waals surface area contributed by atoms with Crippen LogP contribution in [0.5, 0.6) is 0 Å². The number of nitrogens with one attached hydrogen (secondary N) is 1. The topological polar surface area (TPSA) is 55.3 Å². The van der Waals surface area contributed by atoms with Crippen LogP contribution in [0.1, 0.15) is 59.6 Å². The van der Waals surface area contributed by atoms with Crippen LogP contribution in [0.25, 0.3) is 0 Å². The maximum absolute atomic E-state index is 13.1. The van der Waals surface area contributed by atoms with E-state index in [9.17, 15) is 13.2 Å². The molecule has 2 aromatic rings. The minimum Gasteiger partial charge on any atom is -0.493 e. The molecular formula is C35H48F3N3O3S. The number of aryl methyl sites for hydroxylation is 1. The Bertz CT molecular complexity index is 1350. The molecule has 45 heavy (non-hydrogen) atoms. The third-order valence-corrected chi connectivity index (χ3v) is 9.41. The standard InChI is InChI=1S/C35H48F3N3O3S/c1-9-23(3)33(44-8)31(42-6)16-15-25-11-13-26(14-12-25)17-18-40-27-19-30(32(20-27)43-7)41(5)34(39-10-2)29-21-28(45-24(29)4)22-35(36,37)38/h10-14,16,21,27,30,32,40H,2,9,15,17-20,22H2,1,3-8H3/b31-16+,33-23+,39-34?. The van der Waals surface area contributed by atoms with E-state index in [0.717, 1.165) is 72.0 Å². The lowest BCUT2D eigenvalue weighted by atomic mass is 10.1. The molecule has 3 rings (SSSR count). The van der Waals surface area contributed by atoms with Gasteiger partial charge in [-0.1, -0.05) is 37.8 Å². The number of methoxy groups -OCH3 is 3. The average Bonchev–Trinajstić information content (AvgIpc) is 3.59. The van der Waals surface area contributed by atoms with E-state index in [0.29, 0.717) is 11.4 Å². The van der Waals surface area contributed by atoms with Gasteiger partial charge in [0.1, 0.15) is 5.84 Å². The first-order valence-electron chi connectivity index (χ1n) is 15.3. The lowest BCUT2D eigenvalue weighted by molar-refractivity contribution is -0.126. The fourth-order valence-corrected chi connectivity index (χ4v) is 6.90. The van der Waals surface area contributed by atoms with Crippen LogP contribution in [0.15, 0.2) is 71.3 Å². The summed E-state index contributed by atoms with van der Waals surface area (Å²) in [5.74, 6) is 2.15. The van der Waals surface area contributed by atoms with Gasteiger partial charge in [0.25, 0.3) is 0 Å². The maximum atomic E-state index is 13.1. The van der Waals surface area contributed by atoms with E-state index in [1.54, 1.807) is 27.4 Å². The highest BCUT2D eigenvalue weighted by molar-refractivity contribution is 7.12. The predicted molar refractivity (Wildman–Crippen MR) is 178 cm³/mol. The van der Waals surface area contributed by atoms with E-state index < -0.39 is 12.6 Å². The van der Waals surface area contributed by atoms with E-state index in [-0.39, 0.29) is 23.1 Å². The van der Waals surface area contributed by atoms with Crippen molar-refractivity contribution in [1.82, 2.24) is 10.2 Å². The van der Waals surface area contributed by atoms with Gasteiger partial charge in [-0.2, -0.15) is 13.2 Å². The van der Waals surface area contributed by atoms with Crippen LogP contribution < -0.4 is 5.32 Å². The molecule has 1 aromatic heterocycles. The molecule has 0 aliphatic heterocycles. The van der Waals surface area contributed by atoms with Crippen LogP contribution in [-0.4, -0.2) is 70.0 Å². The number of thiophene rings is 1. The van der Waals surface area contributed by atoms with Gasteiger partial charge in [0, 0.05) is 41.7 Å². The van der Waals surface area contributed by atoms with Gasteiger partial charge in [-0.3, -0.25) is 0 Å². The zero-order valence-corrected chi connectivity index (χ0v) is 28.4. The van der Waals surface area contributed by atoms with Crippen LogP contribution in [0.4, 0.5) is 13.2 Å². The Morgan fingerprint density at radius 1 is 1.13 bits per heavy atom. The molecule has 1 N–H and O–H groups in total. The molecule has 248 valence electrons. The summed E-state index contributed by atoms with van der Waals surface area (Å²) in [6.07, 6.45) is 2.43. The molecule has 0 bridgehead atoms. The molecule has 0 radical (unpaired) electrons. The number of hydrogen-bond acceptors (Lipinski definition) is 6. The number of amidine groups is 1. The third-order valence-electron chi connectivity index (χ3n) is 8.36. The van der Waals surface area contributed by atoms with Crippen molar-refractivity contribution in [3.8, 4) is 0 Å². The molecule has 1 heterocycles. The zero-order chi connectivity index (χ0) is 33.1. The van der Waals surface area contributed by atoms with Crippen LogP contribution in [0.2, 0.25) is 0 Å². The van der Waals surface area contributed by atoms with Gasteiger partial charge in [-0.15, -0.1) is 11.3 Å². The fourth-order valence-electron chi connectivity index (χ4n) is 5.84. The zero-order valence-electron chi connectivity index (χ0n) is 27.6. The number of allylic oxidation sites excluding steroid dienone is 2. The van der Waals surface area contributed by atoms with Gasteiger partial charge in [0.05, 0.1) is 32.8 Å². The van der Waals surface area contributed by atoms with Gasteiger partial charge in [0.2, 0.25) is 0 Å². The van der Waals surface area contributed by atoms with E-state index in [4.69, 9.17) is 14.2 Å². The highest BCUT2D eigenvalue weighted by Gasteiger charge is 2.38. The van der Waals surface area contributed by atoms with Crippen molar-refractivity contribution in [2.45, 2.75) is 83.7 Å². The van der Waals surface area contributed by atoms with E-state index >= 15 is 0 Å². The third kappa shape index (κ3) is 10.2. The number of rotatable bonds is 15. The van der Waals surface area contributed by atoms with Crippen molar-refractivity contribution in [3.63, 3.8) is 0 Å². The summed E-state index contributed by atoms with van der Waals surface area (Å²) >= 11 is 1.16. The Kier molecular flexibility index (Phi) is 13.8. The van der Waals surface area contributed by atoms with E-state index in [1.165, 1.54) is 17.3 Å². The summed E-state index contributed by atoms with van der Waals surface area (Å²) in [6.45, 7) is 10.6. The Labute approximate surface area is 270 Å². The molecule has 3 unspecified atom stereocenters. The maximum Gasteiger partial charge on any atom is 0.393 e. The summed E-state index contributed by atoms with van der Waals surface area (Å²) in [6, 6.07) is 10.5. The summed E-state index contributed by atoms with van der Waals surface area (Å²) < 4.78 is 56.2. The Hall–Kier alpha value is -3.08. The first-order chi connectivity index (χ1) is 21.4. The SMILES string of the molecule is C=CN=C(c1cc(CC(F)(F)F)sc1C)N(C)C1CC(NCCc2ccc(C/C=C(OC)\C(OC)=C(\C)CC)cc2)CC1OC. The number of aliphatic imine (C=N–C) groups is 1. The lowest BCUT2D eigenvalue weighted by Gasteiger charge is -2.31. The molecule has 3 atom stereocenters. The second-order valence-corrected chi connectivity index (χ2v) is 12.7. The Morgan fingerprint density at radius 3 is 2.40 bits per heavy atom. The minimum absolute atomic E-state index is 0.00970. The van der Waals surface area contributed by atoms with Gasteiger partial charge in [-0.25, -0.2) is 4.99 Å². The van der Waals surface area contributed by atoms with Crippen molar-refractivity contribution < 1.29 is 27.4 Å². The summed E-state index contributed by atoms with van der Waals surface area (Å²) in [5.41, 5.74) is 4.29. The second kappa shape index (κ2) is 17.0. The Morgan fingerprint density at radius 2 is 1.82 bits per heavy atom. The van der Waals surface area contributed by atoms with Crippen molar-refractivity contribution in [2.24, 2.45) is 4.99 Å². The molecule has 1 aliphatic rings. The quantitative estimate of drug-likeness (QED) is 0.0927. The molecule has 1 aliphatic carbocycles. The molecule has 6 nitrogen and oxygen atoms in total. The minimum atomic E-state index is -4.26. The fraction of sp³-hybridized carbons (Fsp3) is 0.514. The molecule has 0 saturated heterocycles. The van der Waals surface area contributed by atoms with E-state index in [2.05, 4.69) is 54.2 Å². The first-order valence-corrected chi connectivity index (χ1v) is 16.2. The van der Waals surface area contributed by atoms with Gasteiger partial charge in [-0.05, 0) is 81.3 Å².